The molecule has 1 saturated heterocycles. The van der Waals surface area contributed by atoms with Gasteiger partial charge in [0, 0.05) is 47.1 Å². The Morgan fingerprint density at radius 3 is 2.71 bits per heavy atom. The second kappa shape index (κ2) is 7.78. The largest absolute Gasteiger partial charge is 0.391 e. The molecule has 0 bridgehead atoms. The topological polar surface area (TPSA) is 73.4 Å². The first-order valence-electron chi connectivity index (χ1n) is 9.35. The molecular weight excluding hydrogens is 376 g/mol. The van der Waals surface area contributed by atoms with Crippen LogP contribution in [0, 0.1) is 0 Å². The van der Waals surface area contributed by atoms with Crippen LogP contribution in [0.25, 0.3) is 10.9 Å². The zero-order valence-corrected chi connectivity index (χ0v) is 16.0. The Balaban J connectivity index is 1.51. The zero-order valence-electron chi connectivity index (χ0n) is 15.3. The van der Waals surface area contributed by atoms with Crippen molar-refractivity contribution in [3.8, 4) is 0 Å². The van der Waals surface area contributed by atoms with E-state index in [2.05, 4.69) is 4.98 Å². The molecule has 0 aliphatic carbocycles. The molecule has 0 saturated carbocycles. The van der Waals surface area contributed by atoms with Crippen molar-refractivity contribution >= 4 is 34.2 Å². The summed E-state index contributed by atoms with van der Waals surface area (Å²) in [6, 6.07) is 14.1. The summed E-state index contributed by atoms with van der Waals surface area (Å²) in [7, 11) is 0. The number of H-pyrrole nitrogens is 1. The van der Waals surface area contributed by atoms with Gasteiger partial charge < -0.3 is 15.0 Å². The number of benzene rings is 2. The van der Waals surface area contributed by atoms with Gasteiger partial charge in [-0.05, 0) is 42.3 Å². The second-order valence-corrected chi connectivity index (χ2v) is 7.64. The van der Waals surface area contributed by atoms with E-state index in [0.29, 0.717) is 23.4 Å². The van der Waals surface area contributed by atoms with Gasteiger partial charge in [0.05, 0.1) is 12.1 Å². The highest BCUT2D eigenvalue weighted by Crippen LogP contribution is 2.26. The third kappa shape index (κ3) is 3.68. The van der Waals surface area contributed by atoms with Gasteiger partial charge in [-0.1, -0.05) is 29.8 Å². The number of hydrogen-bond donors (Lipinski definition) is 2. The number of halogens is 1. The number of aromatic nitrogens is 1. The average molecular weight is 397 g/mol. The lowest BCUT2D eigenvalue weighted by Crippen LogP contribution is -2.40. The van der Waals surface area contributed by atoms with Gasteiger partial charge in [-0.25, -0.2) is 0 Å². The number of β-amino-alcohol motifs (C(OH)–C–C–N with tert-alkyl or cyclic N) is 1. The molecule has 2 aromatic carbocycles. The molecule has 2 atom stereocenters. The summed E-state index contributed by atoms with van der Waals surface area (Å²) in [5.41, 5.74) is 2.44. The molecule has 1 fully saturated rings. The number of aromatic amines is 1. The fraction of sp³-hybridized carbons (Fsp3) is 0.273. The van der Waals surface area contributed by atoms with Crippen molar-refractivity contribution in [2.24, 2.45) is 0 Å². The van der Waals surface area contributed by atoms with E-state index < -0.39 is 12.1 Å². The highest BCUT2D eigenvalue weighted by molar-refractivity contribution is 6.30. The first-order valence-corrected chi connectivity index (χ1v) is 9.73. The van der Waals surface area contributed by atoms with Crippen LogP contribution >= 0.6 is 11.6 Å². The fourth-order valence-electron chi connectivity index (χ4n) is 3.86. The van der Waals surface area contributed by atoms with E-state index in [-0.39, 0.29) is 24.7 Å². The third-order valence-corrected chi connectivity index (χ3v) is 5.56. The smallest absolute Gasteiger partial charge is 0.255 e. The SMILES string of the molecule is O=C(CCc1ccc(Cl)cc1)[C@@H]1C[C@@H](O)CN1C(=O)c1cccc2[nH]ccc12. The molecule has 2 N–H and O–H groups in total. The van der Waals surface area contributed by atoms with Crippen LogP contribution < -0.4 is 0 Å². The number of likely N-dealkylation sites (tertiary alicyclic amines) is 1. The minimum atomic E-state index is -0.682. The predicted octanol–water partition coefficient (Wildman–Crippen LogP) is 3.60. The maximum absolute atomic E-state index is 13.2. The lowest BCUT2D eigenvalue weighted by atomic mass is 10.0. The third-order valence-electron chi connectivity index (χ3n) is 5.31. The van der Waals surface area contributed by atoms with Crippen LogP contribution in [0.2, 0.25) is 5.02 Å². The van der Waals surface area contributed by atoms with E-state index in [4.69, 9.17) is 11.6 Å². The second-order valence-electron chi connectivity index (χ2n) is 7.20. The molecule has 5 nitrogen and oxygen atoms in total. The first-order chi connectivity index (χ1) is 13.5. The number of aliphatic hydroxyl groups is 1. The zero-order chi connectivity index (χ0) is 19.7. The Hall–Kier alpha value is -2.63. The summed E-state index contributed by atoms with van der Waals surface area (Å²) in [5, 5.41) is 11.6. The minimum Gasteiger partial charge on any atom is -0.391 e. The number of ketones is 1. The first kappa shape index (κ1) is 18.7. The van der Waals surface area contributed by atoms with E-state index in [1.54, 1.807) is 24.4 Å². The van der Waals surface area contributed by atoms with Crippen molar-refractivity contribution in [1.29, 1.82) is 0 Å². The summed E-state index contributed by atoms with van der Waals surface area (Å²) in [6.45, 7) is 0.178. The number of amides is 1. The van der Waals surface area contributed by atoms with Gasteiger partial charge in [0.15, 0.2) is 5.78 Å². The van der Waals surface area contributed by atoms with Crippen LogP contribution in [0.5, 0.6) is 0 Å². The molecule has 3 aromatic rings. The molecule has 1 aromatic heterocycles. The molecule has 6 heteroatoms. The van der Waals surface area contributed by atoms with Crippen molar-refractivity contribution in [1.82, 2.24) is 9.88 Å². The lowest BCUT2D eigenvalue weighted by Gasteiger charge is -2.24. The maximum atomic E-state index is 13.2. The van der Waals surface area contributed by atoms with Crippen LogP contribution in [0.15, 0.2) is 54.7 Å². The molecule has 0 unspecified atom stereocenters. The van der Waals surface area contributed by atoms with Crippen molar-refractivity contribution in [2.75, 3.05) is 6.54 Å². The molecule has 4 rings (SSSR count). The Morgan fingerprint density at radius 1 is 1.14 bits per heavy atom. The highest BCUT2D eigenvalue weighted by atomic mass is 35.5. The molecule has 1 aliphatic heterocycles. The number of nitrogens with one attached hydrogen (secondary N) is 1. The van der Waals surface area contributed by atoms with E-state index >= 15 is 0 Å². The number of nitrogens with zero attached hydrogens (tertiary/aromatic N) is 1. The van der Waals surface area contributed by atoms with Crippen molar-refractivity contribution in [2.45, 2.75) is 31.4 Å². The molecule has 0 spiro atoms. The number of aryl methyl sites for hydroxylation is 1. The van der Waals surface area contributed by atoms with Gasteiger partial charge in [-0.2, -0.15) is 0 Å². The van der Waals surface area contributed by atoms with Crippen LogP contribution in [0.1, 0.15) is 28.8 Å². The van der Waals surface area contributed by atoms with Crippen LogP contribution in [0.3, 0.4) is 0 Å². The number of carbonyl (C=O) groups is 2. The van der Waals surface area contributed by atoms with Gasteiger partial charge in [-0.3, -0.25) is 9.59 Å². The summed E-state index contributed by atoms with van der Waals surface area (Å²) >= 11 is 5.90. The Kier molecular flexibility index (Phi) is 5.20. The highest BCUT2D eigenvalue weighted by Gasteiger charge is 2.39. The summed E-state index contributed by atoms with van der Waals surface area (Å²) in [6.07, 6.45) is 2.29. The van der Waals surface area contributed by atoms with Gasteiger partial charge in [-0.15, -0.1) is 0 Å². The van der Waals surface area contributed by atoms with Gasteiger partial charge in [0.25, 0.3) is 5.91 Å². The molecule has 0 radical (unpaired) electrons. The van der Waals surface area contributed by atoms with E-state index in [1.165, 1.54) is 4.90 Å². The minimum absolute atomic E-state index is 0.0268. The predicted molar refractivity (Wildman–Crippen MR) is 109 cm³/mol. The Morgan fingerprint density at radius 2 is 1.93 bits per heavy atom. The Labute approximate surface area is 167 Å². The standard InChI is InChI=1S/C22H21ClN2O3/c23-15-7-4-14(5-8-15)6-9-21(27)20-12-16(26)13-25(20)22(28)18-2-1-3-19-17(18)10-11-24-19/h1-5,7-8,10-11,16,20,24,26H,6,9,12-13H2/t16-,20+/m1/s1. The Bertz CT molecular complexity index is 1010. The number of fused-ring (bicyclic) bond motifs is 1. The number of carbonyl (C=O) groups excluding carboxylic acids is 2. The maximum Gasteiger partial charge on any atom is 0.255 e. The van der Waals surface area contributed by atoms with Crippen molar-refractivity contribution in [3.05, 3.63) is 70.9 Å². The number of hydrogen-bond acceptors (Lipinski definition) is 3. The quantitative estimate of drug-likeness (QED) is 0.692. The molecule has 28 heavy (non-hydrogen) atoms. The van der Waals surface area contributed by atoms with Crippen LogP contribution in [-0.4, -0.2) is 45.4 Å². The van der Waals surface area contributed by atoms with E-state index in [1.807, 2.05) is 30.3 Å². The molecule has 1 aliphatic rings. The number of Topliss-reactive ketones (excluding diaryl/α,β-unsaturated/α-hetero) is 1. The van der Waals surface area contributed by atoms with Crippen LogP contribution in [0.4, 0.5) is 0 Å². The number of aliphatic hydroxyl groups excluding tert-OH is 1. The molecular formula is C22H21ClN2O3. The van der Waals surface area contributed by atoms with Crippen molar-refractivity contribution < 1.29 is 14.7 Å². The van der Waals surface area contributed by atoms with E-state index in [9.17, 15) is 14.7 Å². The molecule has 1 amide bonds. The fourth-order valence-corrected chi connectivity index (χ4v) is 3.98. The lowest BCUT2D eigenvalue weighted by molar-refractivity contribution is -0.122. The van der Waals surface area contributed by atoms with E-state index in [0.717, 1.165) is 16.5 Å². The summed E-state index contributed by atoms with van der Waals surface area (Å²) in [5.74, 6) is -0.243. The summed E-state index contributed by atoms with van der Waals surface area (Å²) < 4.78 is 0. The normalized spacial score (nSPS) is 19.3. The van der Waals surface area contributed by atoms with Gasteiger partial charge in [0.2, 0.25) is 0 Å². The van der Waals surface area contributed by atoms with Gasteiger partial charge >= 0.3 is 0 Å². The van der Waals surface area contributed by atoms with Crippen LogP contribution in [-0.2, 0) is 11.2 Å². The monoisotopic (exact) mass is 396 g/mol. The number of rotatable bonds is 5. The van der Waals surface area contributed by atoms with Gasteiger partial charge in [0.1, 0.15) is 0 Å². The molecule has 2 heterocycles. The summed E-state index contributed by atoms with van der Waals surface area (Å²) in [4.78, 5) is 30.6. The van der Waals surface area contributed by atoms with Crippen molar-refractivity contribution in [3.63, 3.8) is 0 Å². The average Bonchev–Trinajstić information content (AvgIpc) is 3.33. The molecule has 144 valence electrons.